The van der Waals surface area contributed by atoms with Gasteiger partial charge in [0.2, 0.25) is 5.79 Å². The molecule has 248 valence electrons. The van der Waals surface area contributed by atoms with Crippen LogP contribution >= 0.6 is 46.8 Å². The summed E-state index contributed by atoms with van der Waals surface area (Å²) in [6, 6.07) is 20.3. The highest BCUT2D eigenvalue weighted by Crippen LogP contribution is 2.40. The summed E-state index contributed by atoms with van der Waals surface area (Å²) in [7, 11) is 0. The van der Waals surface area contributed by atoms with E-state index in [9.17, 15) is 4.79 Å². The number of nitrogens with one attached hydrogen (secondary N) is 2. The molecule has 2 aliphatic rings. The zero-order valence-corrected chi connectivity index (χ0v) is 28.6. The van der Waals surface area contributed by atoms with E-state index in [-0.39, 0.29) is 12.1 Å². The van der Waals surface area contributed by atoms with Gasteiger partial charge in [-0.1, -0.05) is 53.0 Å². The van der Waals surface area contributed by atoms with Crippen LogP contribution in [0, 0.1) is 0 Å². The van der Waals surface area contributed by atoms with E-state index in [4.69, 9.17) is 49.0 Å². The van der Waals surface area contributed by atoms with E-state index >= 15 is 0 Å². The number of rotatable bonds is 12. The lowest BCUT2D eigenvalue weighted by Crippen LogP contribution is -2.47. The van der Waals surface area contributed by atoms with Crippen LogP contribution in [0.25, 0.3) is 0 Å². The van der Waals surface area contributed by atoms with Gasteiger partial charge in [0.15, 0.2) is 0 Å². The number of aromatic nitrogens is 2. The Morgan fingerprint density at radius 2 is 1.83 bits per heavy atom. The number of nitrogens with zero attached hydrogens (tertiary/aromatic N) is 4. The molecule has 0 saturated carbocycles. The van der Waals surface area contributed by atoms with Crippen molar-refractivity contribution in [1.29, 1.82) is 0 Å². The third-order valence-corrected chi connectivity index (χ3v) is 9.55. The molecule has 6 rings (SSSR count). The van der Waals surface area contributed by atoms with Crippen molar-refractivity contribution in [2.75, 3.05) is 61.9 Å². The summed E-state index contributed by atoms with van der Waals surface area (Å²) in [6.07, 6.45) is 4.98. The molecular weight excluding hydrogens is 683 g/mol. The molecule has 4 aromatic rings. The van der Waals surface area contributed by atoms with E-state index in [2.05, 4.69) is 37.0 Å². The van der Waals surface area contributed by atoms with Crippen molar-refractivity contribution in [3.63, 3.8) is 0 Å². The van der Waals surface area contributed by atoms with Crippen LogP contribution in [0.5, 0.6) is 5.75 Å². The van der Waals surface area contributed by atoms with Gasteiger partial charge in [0, 0.05) is 67.1 Å². The Morgan fingerprint density at radius 3 is 2.57 bits per heavy atom. The van der Waals surface area contributed by atoms with Crippen LogP contribution in [0.15, 0.2) is 85.5 Å². The van der Waals surface area contributed by atoms with Crippen LogP contribution in [0.2, 0.25) is 15.1 Å². The average Bonchev–Trinajstić information content (AvgIpc) is 3.74. The van der Waals surface area contributed by atoms with E-state index in [1.54, 1.807) is 36.8 Å². The van der Waals surface area contributed by atoms with Crippen molar-refractivity contribution in [2.45, 2.75) is 18.4 Å². The third-order valence-electron chi connectivity index (χ3n) is 7.96. The molecule has 0 aliphatic carbocycles. The van der Waals surface area contributed by atoms with Crippen molar-refractivity contribution < 1.29 is 19.0 Å². The number of piperazine rings is 1. The van der Waals surface area contributed by atoms with E-state index in [1.807, 2.05) is 41.1 Å². The first-order chi connectivity index (χ1) is 22.9. The number of urea groups is 1. The normalized spacial score (nSPS) is 19.9. The Kier molecular flexibility index (Phi) is 11.4. The number of anilines is 2. The fraction of sp³-hybridized carbons (Fsp3) is 0.333. The van der Waals surface area contributed by atoms with Gasteiger partial charge in [0.05, 0.1) is 35.2 Å². The summed E-state index contributed by atoms with van der Waals surface area (Å²) in [4.78, 5) is 21.1. The van der Waals surface area contributed by atoms with Crippen molar-refractivity contribution >= 4 is 64.2 Å². The Labute approximate surface area is 293 Å². The number of halogens is 3. The van der Waals surface area contributed by atoms with E-state index in [1.165, 1.54) is 11.9 Å². The summed E-state index contributed by atoms with van der Waals surface area (Å²) in [5.41, 5.74) is 2.45. The Balaban J connectivity index is 0.930. The topological polar surface area (TPSA) is 93.1 Å². The predicted octanol–water partition coefficient (Wildman–Crippen LogP) is 6.78. The fourth-order valence-electron chi connectivity index (χ4n) is 5.55. The minimum Gasteiger partial charge on any atom is -0.491 e. The highest BCUT2D eigenvalue weighted by molar-refractivity contribution is 7.97. The summed E-state index contributed by atoms with van der Waals surface area (Å²) < 4.78 is 23.6. The van der Waals surface area contributed by atoms with Gasteiger partial charge in [0.25, 0.3) is 0 Å². The lowest BCUT2D eigenvalue weighted by molar-refractivity contribution is -0.189. The molecule has 3 aromatic carbocycles. The van der Waals surface area contributed by atoms with Crippen LogP contribution in [-0.2, 0) is 21.8 Å². The summed E-state index contributed by atoms with van der Waals surface area (Å²) in [5, 5.41) is 4.29. The molecule has 2 amide bonds. The Morgan fingerprint density at radius 1 is 1.02 bits per heavy atom. The van der Waals surface area contributed by atoms with Crippen LogP contribution in [-0.4, -0.2) is 78.3 Å². The molecule has 2 N–H and O–H groups in total. The largest absolute Gasteiger partial charge is 0.491 e. The number of ether oxygens (including phenoxy) is 3. The minimum atomic E-state index is -1.09. The molecule has 2 fully saturated rings. The smallest absolute Gasteiger partial charge is 0.329 e. The maximum atomic E-state index is 12.1. The standard InChI is InChI=1S/C33H35Cl3N6O4S/c34-24-5-10-28(30(36)19-24)33(22-41-12-11-37-23-41)45-21-27(46-33)20-44-26-8-6-25(7-9-26)42-15-13-40(14-16-42)17-18-47-39-32(43)38-31-4-2-1-3-29(31)35/h1-12,19,23,27H,13-18,20-22H2,(H2,38,39,43). The maximum Gasteiger partial charge on any atom is 0.329 e. The second-order valence-electron chi connectivity index (χ2n) is 11.2. The van der Waals surface area contributed by atoms with Gasteiger partial charge in [0.1, 0.15) is 18.5 Å². The molecule has 2 atom stereocenters. The average molecular weight is 718 g/mol. The molecule has 2 unspecified atom stereocenters. The zero-order valence-electron chi connectivity index (χ0n) is 25.5. The SMILES string of the molecule is O=C(NSCCN1CCN(c2ccc(OCC3COC(Cn4ccnc4)(c4ccc(Cl)cc4Cl)O3)cc2)CC1)Nc1ccccc1Cl. The van der Waals surface area contributed by atoms with Gasteiger partial charge in [-0.05, 0) is 60.5 Å². The predicted molar refractivity (Wildman–Crippen MR) is 188 cm³/mol. The zero-order chi connectivity index (χ0) is 32.6. The Bertz CT molecular complexity index is 1630. The summed E-state index contributed by atoms with van der Waals surface area (Å²) >= 11 is 20.2. The number of hydrogen-bond acceptors (Lipinski definition) is 8. The number of amides is 2. The molecule has 3 heterocycles. The molecule has 2 saturated heterocycles. The van der Waals surface area contributed by atoms with Crippen molar-refractivity contribution in [3.05, 3.63) is 106 Å². The first kappa shape index (κ1) is 33.7. The van der Waals surface area contributed by atoms with E-state index in [0.717, 1.165) is 49.9 Å². The van der Waals surface area contributed by atoms with Gasteiger partial charge in [-0.25, -0.2) is 9.78 Å². The molecule has 0 spiro atoms. The minimum absolute atomic E-state index is 0.286. The van der Waals surface area contributed by atoms with Crippen LogP contribution in [0.4, 0.5) is 16.2 Å². The summed E-state index contributed by atoms with van der Waals surface area (Å²) in [5.74, 6) is 0.453. The first-order valence-electron chi connectivity index (χ1n) is 15.2. The van der Waals surface area contributed by atoms with Crippen LogP contribution in [0.3, 0.4) is 0 Å². The van der Waals surface area contributed by atoms with Crippen molar-refractivity contribution in [3.8, 4) is 5.75 Å². The van der Waals surface area contributed by atoms with Crippen molar-refractivity contribution in [2.24, 2.45) is 0 Å². The highest BCUT2D eigenvalue weighted by atomic mass is 35.5. The number of para-hydroxylation sites is 1. The van der Waals surface area contributed by atoms with E-state index in [0.29, 0.717) is 46.1 Å². The Hall–Kier alpha value is -3.16. The maximum absolute atomic E-state index is 12.1. The van der Waals surface area contributed by atoms with Gasteiger partial charge in [-0.15, -0.1) is 0 Å². The third kappa shape index (κ3) is 8.85. The number of carbonyl (C=O) groups is 1. The molecule has 0 bridgehead atoms. The first-order valence-corrected chi connectivity index (χ1v) is 17.4. The van der Waals surface area contributed by atoms with Gasteiger partial charge in [-0.3, -0.25) is 9.62 Å². The molecule has 14 heteroatoms. The van der Waals surface area contributed by atoms with Gasteiger partial charge >= 0.3 is 6.03 Å². The second kappa shape index (κ2) is 15.8. The van der Waals surface area contributed by atoms with Crippen LogP contribution in [0.1, 0.15) is 5.56 Å². The number of hydrogen-bond donors (Lipinski definition) is 2. The van der Waals surface area contributed by atoms with Crippen molar-refractivity contribution in [1.82, 2.24) is 19.2 Å². The number of benzene rings is 3. The molecule has 10 nitrogen and oxygen atoms in total. The second-order valence-corrected chi connectivity index (χ2v) is 13.3. The highest BCUT2D eigenvalue weighted by Gasteiger charge is 2.45. The summed E-state index contributed by atoms with van der Waals surface area (Å²) in [6.45, 7) is 5.67. The van der Waals surface area contributed by atoms with Crippen LogP contribution < -0.4 is 19.7 Å². The van der Waals surface area contributed by atoms with E-state index < -0.39 is 5.79 Å². The number of imidazole rings is 1. The quantitative estimate of drug-likeness (QED) is 0.122. The molecule has 47 heavy (non-hydrogen) atoms. The molecule has 2 aliphatic heterocycles. The van der Waals surface area contributed by atoms with Gasteiger partial charge in [-0.2, -0.15) is 0 Å². The molecule has 1 aromatic heterocycles. The lowest BCUT2D eigenvalue weighted by atomic mass is 10.1. The lowest BCUT2D eigenvalue weighted by Gasteiger charge is -2.36. The monoisotopic (exact) mass is 716 g/mol. The van der Waals surface area contributed by atoms with Gasteiger partial charge < -0.3 is 29.0 Å². The molecule has 0 radical (unpaired) electrons. The number of carbonyl (C=O) groups excluding carboxylic acids is 1. The molecular formula is C33H35Cl3N6O4S. The fourth-order valence-corrected chi connectivity index (χ4v) is 6.92.